The van der Waals surface area contributed by atoms with Crippen LogP contribution in [0.3, 0.4) is 0 Å². The van der Waals surface area contributed by atoms with Crippen molar-refractivity contribution in [1.29, 1.82) is 0 Å². The summed E-state index contributed by atoms with van der Waals surface area (Å²) >= 11 is 0. The highest BCUT2D eigenvalue weighted by Crippen LogP contribution is 2.51. The number of aliphatic hydroxyl groups excluding tert-OH is 2. The number of rotatable bonds is 9. The second-order valence-electron chi connectivity index (χ2n) is 12.1. The molecule has 0 amide bonds. The number of carboxylic acid groups (broad SMARTS) is 1. The summed E-state index contributed by atoms with van der Waals surface area (Å²) in [5.74, 6) is -4.87. The number of cyclic esters (lactones) is 2. The number of hydrogen-bond acceptors (Lipinski definition) is 9. The van der Waals surface area contributed by atoms with Gasteiger partial charge in [0.15, 0.2) is 5.60 Å². The van der Waals surface area contributed by atoms with Crippen molar-refractivity contribution in [2.24, 2.45) is 41.4 Å². The van der Waals surface area contributed by atoms with Crippen molar-refractivity contribution in [1.82, 2.24) is 0 Å². The summed E-state index contributed by atoms with van der Waals surface area (Å²) in [6, 6.07) is 0. The molecule has 2 aliphatic heterocycles. The summed E-state index contributed by atoms with van der Waals surface area (Å²) in [6.45, 7) is 6.78. The monoisotopic (exact) mass is 560 g/mol. The summed E-state index contributed by atoms with van der Waals surface area (Å²) in [5, 5.41) is 29.5. The van der Waals surface area contributed by atoms with Crippen LogP contribution in [0.25, 0.3) is 0 Å². The fourth-order valence-corrected chi connectivity index (χ4v) is 7.11. The number of carbonyl (C=O) groups excluding carboxylic acids is 3. The van der Waals surface area contributed by atoms with E-state index in [-0.39, 0.29) is 48.0 Å². The quantitative estimate of drug-likeness (QED) is 0.218. The van der Waals surface area contributed by atoms with E-state index in [0.717, 1.165) is 18.4 Å². The molecule has 0 radical (unpaired) electrons. The molecule has 1 saturated heterocycles. The van der Waals surface area contributed by atoms with Gasteiger partial charge in [0.05, 0.1) is 24.4 Å². The van der Waals surface area contributed by atoms with E-state index in [1.807, 2.05) is 13.8 Å². The summed E-state index contributed by atoms with van der Waals surface area (Å²) in [7, 11) is 0. The summed E-state index contributed by atoms with van der Waals surface area (Å²) < 4.78 is 16.7. The van der Waals surface area contributed by atoms with Crippen LogP contribution in [0, 0.1) is 41.4 Å². The molecule has 2 heterocycles. The summed E-state index contributed by atoms with van der Waals surface area (Å²) in [4.78, 5) is 51.0. The van der Waals surface area contributed by atoms with E-state index in [1.54, 1.807) is 6.08 Å². The third-order valence-electron chi connectivity index (χ3n) is 9.27. The zero-order valence-corrected chi connectivity index (χ0v) is 23.6. The molecule has 2 fully saturated rings. The van der Waals surface area contributed by atoms with Crippen molar-refractivity contribution in [3.8, 4) is 0 Å². The molecular weight excluding hydrogens is 520 g/mol. The molecule has 0 aromatic carbocycles. The molecule has 10 nitrogen and oxygen atoms in total. The Hall–Kier alpha value is -2.98. The molecule has 220 valence electrons. The molecule has 10 heteroatoms. The minimum Gasteiger partial charge on any atom is -0.478 e. The lowest BCUT2D eigenvalue weighted by Crippen LogP contribution is -2.52. The van der Waals surface area contributed by atoms with Gasteiger partial charge >= 0.3 is 23.9 Å². The molecule has 4 aliphatic rings. The summed E-state index contributed by atoms with van der Waals surface area (Å²) in [6.07, 6.45) is 5.44. The van der Waals surface area contributed by atoms with Gasteiger partial charge in [-0.2, -0.15) is 0 Å². The first-order valence-electron chi connectivity index (χ1n) is 14.1. The Kier molecular flexibility index (Phi) is 8.89. The number of hydrogen-bond donors (Lipinski definition) is 3. The first-order valence-corrected chi connectivity index (χ1v) is 14.1. The van der Waals surface area contributed by atoms with Crippen molar-refractivity contribution in [3.63, 3.8) is 0 Å². The minimum atomic E-state index is -1.35. The van der Waals surface area contributed by atoms with E-state index in [4.69, 9.17) is 14.2 Å². The Morgan fingerprint density at radius 1 is 1.00 bits per heavy atom. The fraction of sp³-hybridized carbons (Fsp3) is 0.667. The first-order chi connectivity index (χ1) is 18.9. The number of aliphatic carboxylic acids is 1. The van der Waals surface area contributed by atoms with Gasteiger partial charge in [0.1, 0.15) is 19.1 Å². The molecule has 40 heavy (non-hydrogen) atoms. The number of carbonyl (C=O) groups is 4. The molecule has 0 aromatic heterocycles. The van der Waals surface area contributed by atoms with Crippen LogP contribution < -0.4 is 0 Å². The minimum absolute atomic E-state index is 0.0174. The molecule has 6 atom stereocenters. The third kappa shape index (κ3) is 5.48. The molecule has 4 rings (SSSR count). The van der Waals surface area contributed by atoms with Crippen molar-refractivity contribution >= 4 is 23.9 Å². The van der Waals surface area contributed by atoms with Crippen molar-refractivity contribution in [2.45, 2.75) is 59.0 Å². The molecule has 0 aromatic rings. The van der Waals surface area contributed by atoms with Crippen LogP contribution in [0.4, 0.5) is 0 Å². The van der Waals surface area contributed by atoms with E-state index in [1.165, 1.54) is 6.08 Å². The van der Waals surface area contributed by atoms with Gasteiger partial charge in [0, 0.05) is 11.5 Å². The predicted molar refractivity (Wildman–Crippen MR) is 141 cm³/mol. The second kappa shape index (κ2) is 11.9. The number of aliphatic hydroxyl groups is 2. The van der Waals surface area contributed by atoms with Gasteiger partial charge in [-0.15, -0.1) is 0 Å². The van der Waals surface area contributed by atoms with Crippen LogP contribution in [-0.4, -0.2) is 71.2 Å². The zero-order chi connectivity index (χ0) is 29.4. The van der Waals surface area contributed by atoms with Crippen LogP contribution in [-0.2, 0) is 33.4 Å². The molecule has 2 aliphatic carbocycles. The molecule has 0 spiro atoms. The van der Waals surface area contributed by atoms with Crippen LogP contribution in [0.5, 0.6) is 0 Å². The Morgan fingerprint density at radius 3 is 2.27 bits per heavy atom. The van der Waals surface area contributed by atoms with E-state index >= 15 is 0 Å². The zero-order valence-electron chi connectivity index (χ0n) is 23.6. The number of ether oxygens (including phenoxy) is 3. The Labute approximate surface area is 234 Å². The van der Waals surface area contributed by atoms with Gasteiger partial charge in [-0.05, 0) is 60.8 Å². The normalized spacial score (nSPS) is 32.6. The Morgan fingerprint density at radius 2 is 1.68 bits per heavy atom. The van der Waals surface area contributed by atoms with E-state index in [9.17, 15) is 34.5 Å². The lowest BCUT2D eigenvalue weighted by Gasteiger charge is -2.45. The highest BCUT2D eigenvalue weighted by Gasteiger charge is 2.60. The number of esters is 3. The van der Waals surface area contributed by atoms with E-state index < -0.39 is 60.4 Å². The largest absolute Gasteiger partial charge is 0.478 e. The average molecular weight is 561 g/mol. The lowest BCUT2D eigenvalue weighted by atomic mass is 9.62. The van der Waals surface area contributed by atoms with Crippen molar-refractivity contribution in [2.75, 3.05) is 26.4 Å². The van der Waals surface area contributed by atoms with E-state index in [0.29, 0.717) is 18.4 Å². The summed E-state index contributed by atoms with van der Waals surface area (Å²) in [5.41, 5.74) is -0.141. The number of allylic oxidation sites excluding steroid dienone is 2. The van der Waals surface area contributed by atoms with Crippen LogP contribution in [0.2, 0.25) is 0 Å². The fourth-order valence-electron chi connectivity index (χ4n) is 7.11. The first kappa shape index (κ1) is 30.0. The van der Waals surface area contributed by atoms with Gasteiger partial charge in [-0.25, -0.2) is 14.4 Å². The van der Waals surface area contributed by atoms with Gasteiger partial charge in [0.25, 0.3) is 0 Å². The van der Waals surface area contributed by atoms with E-state index in [2.05, 4.69) is 13.8 Å². The van der Waals surface area contributed by atoms with Gasteiger partial charge < -0.3 is 29.5 Å². The van der Waals surface area contributed by atoms with Crippen LogP contribution in [0.1, 0.15) is 53.4 Å². The maximum Gasteiger partial charge on any atom is 0.336 e. The topological polar surface area (TPSA) is 157 Å². The number of carboxylic acids is 1. The van der Waals surface area contributed by atoms with Crippen LogP contribution in [0.15, 0.2) is 34.4 Å². The SMILES string of the molecule is CC(C)[C@H]1CC[C@@]2(OC(=O)/C(=C/[C@H]3C4=C(CC[C@@H]3C(C)C)COC4=O)CO)COC(=O)[C@H]2[C@@H]1/C=C(\CO)C(=O)O. The van der Waals surface area contributed by atoms with Gasteiger partial charge in [-0.1, -0.05) is 39.8 Å². The molecule has 1 saturated carbocycles. The molecular formula is C30H40O10. The number of fused-ring (bicyclic) bond motifs is 1. The van der Waals surface area contributed by atoms with Crippen LogP contribution >= 0.6 is 0 Å². The van der Waals surface area contributed by atoms with Gasteiger partial charge in [-0.3, -0.25) is 4.79 Å². The second-order valence-corrected chi connectivity index (χ2v) is 12.1. The molecule has 3 N–H and O–H groups in total. The average Bonchev–Trinajstić information content (AvgIpc) is 3.44. The molecule has 0 bridgehead atoms. The van der Waals surface area contributed by atoms with Crippen molar-refractivity contribution in [3.05, 3.63) is 34.4 Å². The highest BCUT2D eigenvalue weighted by atomic mass is 16.6. The van der Waals surface area contributed by atoms with Gasteiger partial charge in [0.2, 0.25) is 0 Å². The molecule has 0 unspecified atom stereocenters. The lowest BCUT2D eigenvalue weighted by molar-refractivity contribution is -0.168. The Bertz CT molecular complexity index is 1150. The maximum absolute atomic E-state index is 13.6. The third-order valence-corrected chi connectivity index (χ3v) is 9.27. The standard InChI is InChI=1S/C30H40O10/c1-15(2)20-6-5-17-13-38-28(36)24(17)22(20)10-19(12-32)27(35)40-30-8-7-21(16(3)4)23(9-18(11-31)26(33)34)25(30)29(37)39-14-30/h9-10,15-16,20-23,25,31-32H,5-8,11-14H2,1-4H3,(H,33,34)/b18-9+,19-10+/t20-,21-,22-,23-,25-,30-/m1/s1. The maximum atomic E-state index is 13.6. The smallest absolute Gasteiger partial charge is 0.336 e. The van der Waals surface area contributed by atoms with Crippen molar-refractivity contribution < 1.29 is 48.7 Å². The predicted octanol–water partition coefficient (Wildman–Crippen LogP) is 2.58. The highest BCUT2D eigenvalue weighted by molar-refractivity contribution is 5.94. The Balaban J connectivity index is 1.69.